The summed E-state index contributed by atoms with van der Waals surface area (Å²) in [4.78, 5) is 27.1. The molecular formula is C20H20Cl2N2O2. The fourth-order valence-electron chi connectivity index (χ4n) is 3.10. The van der Waals surface area contributed by atoms with Crippen molar-refractivity contribution in [3.8, 4) is 0 Å². The number of anilines is 1. The van der Waals surface area contributed by atoms with Crippen LogP contribution in [0.2, 0.25) is 10.0 Å². The van der Waals surface area contributed by atoms with Crippen LogP contribution in [0.3, 0.4) is 0 Å². The van der Waals surface area contributed by atoms with Crippen LogP contribution >= 0.6 is 23.2 Å². The first kappa shape index (κ1) is 18.7. The van der Waals surface area contributed by atoms with Gasteiger partial charge in [0.1, 0.15) is 0 Å². The SMILES string of the molecule is O=C(Cc1c(Cl)cccc1Cl)Nc1ccccc1C(=O)N1CCCCC1. The Kier molecular flexibility index (Phi) is 6.17. The van der Waals surface area contributed by atoms with Gasteiger partial charge in [-0.15, -0.1) is 0 Å². The molecule has 2 aromatic carbocycles. The van der Waals surface area contributed by atoms with Gasteiger partial charge in [-0.25, -0.2) is 0 Å². The number of amides is 2. The van der Waals surface area contributed by atoms with Gasteiger partial charge in [0.15, 0.2) is 0 Å². The molecule has 0 bridgehead atoms. The molecule has 1 N–H and O–H groups in total. The van der Waals surface area contributed by atoms with E-state index < -0.39 is 0 Å². The van der Waals surface area contributed by atoms with E-state index in [2.05, 4.69) is 5.32 Å². The predicted molar refractivity (Wildman–Crippen MR) is 105 cm³/mol. The molecule has 0 unspecified atom stereocenters. The molecule has 3 rings (SSSR count). The summed E-state index contributed by atoms with van der Waals surface area (Å²) in [5, 5.41) is 3.73. The third-order valence-corrected chi connectivity index (χ3v) is 5.18. The molecule has 136 valence electrons. The highest BCUT2D eigenvalue weighted by molar-refractivity contribution is 6.36. The van der Waals surface area contributed by atoms with Crippen LogP contribution in [0.25, 0.3) is 0 Å². The van der Waals surface area contributed by atoms with E-state index in [1.807, 2.05) is 4.90 Å². The Morgan fingerprint density at radius 1 is 0.923 bits per heavy atom. The van der Waals surface area contributed by atoms with Gasteiger partial charge in [-0.05, 0) is 49.1 Å². The second-order valence-electron chi connectivity index (χ2n) is 6.32. The number of nitrogens with zero attached hydrogens (tertiary/aromatic N) is 1. The van der Waals surface area contributed by atoms with Gasteiger partial charge < -0.3 is 10.2 Å². The molecular weight excluding hydrogens is 371 g/mol. The average molecular weight is 391 g/mol. The summed E-state index contributed by atoms with van der Waals surface area (Å²) < 4.78 is 0. The Balaban J connectivity index is 1.75. The third-order valence-electron chi connectivity index (χ3n) is 4.47. The quantitative estimate of drug-likeness (QED) is 0.814. The lowest BCUT2D eigenvalue weighted by molar-refractivity contribution is -0.115. The molecule has 0 aliphatic carbocycles. The lowest BCUT2D eigenvalue weighted by Gasteiger charge is -2.27. The van der Waals surface area contributed by atoms with Crippen molar-refractivity contribution < 1.29 is 9.59 Å². The zero-order valence-corrected chi connectivity index (χ0v) is 15.8. The Morgan fingerprint density at radius 3 is 2.27 bits per heavy atom. The molecule has 1 fully saturated rings. The first-order chi connectivity index (χ1) is 12.6. The van der Waals surface area contributed by atoms with Crippen LogP contribution < -0.4 is 5.32 Å². The van der Waals surface area contributed by atoms with E-state index in [1.54, 1.807) is 42.5 Å². The van der Waals surface area contributed by atoms with E-state index in [-0.39, 0.29) is 18.2 Å². The van der Waals surface area contributed by atoms with E-state index in [4.69, 9.17) is 23.2 Å². The highest BCUT2D eigenvalue weighted by Gasteiger charge is 2.21. The van der Waals surface area contributed by atoms with Gasteiger partial charge in [-0.3, -0.25) is 9.59 Å². The summed E-state index contributed by atoms with van der Waals surface area (Å²) in [5.41, 5.74) is 1.59. The van der Waals surface area contributed by atoms with Crippen LogP contribution in [0.4, 0.5) is 5.69 Å². The number of halogens is 2. The number of carbonyl (C=O) groups excluding carboxylic acids is 2. The van der Waals surface area contributed by atoms with Gasteiger partial charge in [-0.1, -0.05) is 41.4 Å². The van der Waals surface area contributed by atoms with Crippen molar-refractivity contribution in [3.05, 3.63) is 63.6 Å². The molecule has 2 amide bonds. The second-order valence-corrected chi connectivity index (χ2v) is 7.14. The fraction of sp³-hybridized carbons (Fsp3) is 0.300. The van der Waals surface area contributed by atoms with Gasteiger partial charge in [0, 0.05) is 23.1 Å². The minimum absolute atomic E-state index is 0.0450. The summed E-state index contributed by atoms with van der Waals surface area (Å²) in [6.07, 6.45) is 3.24. The normalized spacial score (nSPS) is 14.2. The number of piperidine rings is 1. The van der Waals surface area contributed by atoms with Gasteiger partial charge in [-0.2, -0.15) is 0 Å². The summed E-state index contributed by atoms with van der Waals surface area (Å²) in [6, 6.07) is 12.2. The molecule has 1 aliphatic rings. The van der Waals surface area contributed by atoms with Crippen LogP contribution in [0.5, 0.6) is 0 Å². The molecule has 4 nitrogen and oxygen atoms in total. The predicted octanol–water partition coefficient (Wildman–Crippen LogP) is 4.80. The minimum Gasteiger partial charge on any atom is -0.339 e. The monoisotopic (exact) mass is 390 g/mol. The molecule has 6 heteroatoms. The lowest BCUT2D eigenvalue weighted by Crippen LogP contribution is -2.36. The zero-order chi connectivity index (χ0) is 18.5. The van der Waals surface area contributed by atoms with E-state index in [9.17, 15) is 9.59 Å². The van der Waals surface area contributed by atoms with Crippen LogP contribution in [0, 0.1) is 0 Å². The highest BCUT2D eigenvalue weighted by Crippen LogP contribution is 2.26. The number of benzene rings is 2. The number of hydrogen-bond acceptors (Lipinski definition) is 2. The topological polar surface area (TPSA) is 49.4 Å². The first-order valence-electron chi connectivity index (χ1n) is 8.67. The van der Waals surface area contributed by atoms with Crippen molar-refractivity contribution in [3.63, 3.8) is 0 Å². The summed E-state index contributed by atoms with van der Waals surface area (Å²) >= 11 is 12.3. The van der Waals surface area contributed by atoms with Crippen molar-refractivity contribution in [2.75, 3.05) is 18.4 Å². The summed E-state index contributed by atoms with van der Waals surface area (Å²) in [6.45, 7) is 1.52. The Bertz CT molecular complexity index is 797. The molecule has 0 radical (unpaired) electrons. The maximum atomic E-state index is 12.8. The lowest BCUT2D eigenvalue weighted by atomic mass is 10.1. The minimum atomic E-state index is -0.265. The van der Waals surface area contributed by atoms with E-state index >= 15 is 0 Å². The average Bonchev–Trinajstić information content (AvgIpc) is 2.65. The van der Waals surface area contributed by atoms with Gasteiger partial charge in [0.25, 0.3) is 5.91 Å². The molecule has 2 aromatic rings. The molecule has 0 saturated carbocycles. The number of para-hydroxylation sites is 1. The largest absolute Gasteiger partial charge is 0.339 e. The third kappa shape index (κ3) is 4.37. The molecule has 0 aromatic heterocycles. The number of carbonyl (C=O) groups is 2. The molecule has 26 heavy (non-hydrogen) atoms. The van der Waals surface area contributed by atoms with Crippen molar-refractivity contribution in [1.29, 1.82) is 0 Å². The van der Waals surface area contributed by atoms with Crippen LogP contribution in [-0.2, 0) is 11.2 Å². The summed E-state index contributed by atoms with van der Waals surface area (Å²) in [5.74, 6) is -0.310. The standard InChI is InChI=1S/C20H20Cl2N2O2/c21-16-8-6-9-17(22)15(16)13-19(25)23-18-10-3-2-7-14(18)20(26)24-11-4-1-5-12-24/h2-3,6-10H,1,4-5,11-13H2,(H,23,25). The van der Waals surface area contributed by atoms with Gasteiger partial charge >= 0.3 is 0 Å². The van der Waals surface area contributed by atoms with E-state index in [1.165, 1.54) is 0 Å². The molecule has 1 saturated heterocycles. The van der Waals surface area contributed by atoms with Crippen LogP contribution in [0.15, 0.2) is 42.5 Å². The number of rotatable bonds is 4. The van der Waals surface area contributed by atoms with Crippen molar-refractivity contribution >= 4 is 40.7 Å². The molecule has 0 spiro atoms. The van der Waals surface area contributed by atoms with Crippen molar-refractivity contribution in [2.24, 2.45) is 0 Å². The Morgan fingerprint density at radius 2 is 1.58 bits per heavy atom. The Hall–Kier alpha value is -2.04. The molecule has 0 atom stereocenters. The smallest absolute Gasteiger partial charge is 0.255 e. The molecule has 1 heterocycles. The fourth-order valence-corrected chi connectivity index (χ4v) is 3.63. The zero-order valence-electron chi connectivity index (χ0n) is 14.3. The molecule has 1 aliphatic heterocycles. The van der Waals surface area contributed by atoms with E-state index in [0.717, 1.165) is 32.4 Å². The highest BCUT2D eigenvalue weighted by atomic mass is 35.5. The number of likely N-dealkylation sites (tertiary alicyclic amines) is 1. The van der Waals surface area contributed by atoms with Crippen LogP contribution in [0.1, 0.15) is 35.2 Å². The maximum absolute atomic E-state index is 12.8. The summed E-state index contributed by atoms with van der Waals surface area (Å²) in [7, 11) is 0. The van der Waals surface area contributed by atoms with Gasteiger partial charge in [0.05, 0.1) is 17.7 Å². The first-order valence-corrected chi connectivity index (χ1v) is 9.43. The van der Waals surface area contributed by atoms with Crippen molar-refractivity contribution in [1.82, 2.24) is 4.90 Å². The number of nitrogens with one attached hydrogen (secondary N) is 1. The Labute approximate surface area is 163 Å². The second kappa shape index (κ2) is 8.56. The van der Waals surface area contributed by atoms with E-state index in [0.29, 0.717) is 26.9 Å². The maximum Gasteiger partial charge on any atom is 0.255 e. The van der Waals surface area contributed by atoms with Crippen molar-refractivity contribution in [2.45, 2.75) is 25.7 Å². The van der Waals surface area contributed by atoms with Crippen LogP contribution in [-0.4, -0.2) is 29.8 Å². The number of hydrogen-bond donors (Lipinski definition) is 1. The van der Waals surface area contributed by atoms with Gasteiger partial charge in [0.2, 0.25) is 5.91 Å².